The highest BCUT2D eigenvalue weighted by Gasteiger charge is 1.77. The van der Waals surface area contributed by atoms with Crippen molar-refractivity contribution in [2.24, 2.45) is 0 Å². The van der Waals surface area contributed by atoms with E-state index in [9.17, 15) is 0 Å². The summed E-state index contributed by atoms with van der Waals surface area (Å²) in [5.41, 5.74) is 0. The highest BCUT2D eigenvalue weighted by atomic mass is 13.8. The van der Waals surface area contributed by atoms with E-state index < -0.39 is 0 Å². The Morgan fingerprint density at radius 3 is 2.42 bits per heavy atom. The molecule has 68 valence electrons. The average molecular weight is 164 g/mol. The molecule has 0 saturated heterocycles. The van der Waals surface area contributed by atoms with Crippen LogP contribution in [-0.2, 0) is 0 Å². The largest absolute Gasteiger partial charge is 0.103 e. The molecular formula is C12H20. The Bertz CT molecular complexity index is 140. The van der Waals surface area contributed by atoms with Crippen LogP contribution in [0.25, 0.3) is 0 Å². The van der Waals surface area contributed by atoms with Crippen molar-refractivity contribution in [2.45, 2.75) is 39.0 Å². The van der Waals surface area contributed by atoms with Crippen LogP contribution in [0, 0.1) is 0 Å². The van der Waals surface area contributed by atoms with Gasteiger partial charge in [-0.05, 0) is 32.1 Å². The monoisotopic (exact) mass is 164 g/mol. The normalized spacial score (nSPS) is 11.4. The smallest absolute Gasteiger partial charge is 0.0169 e. The lowest BCUT2D eigenvalue weighted by Crippen LogP contribution is -1.67. The number of hydrogen-bond acceptors (Lipinski definition) is 0. The zero-order valence-electron chi connectivity index (χ0n) is 8.13. The van der Waals surface area contributed by atoms with Crippen LogP contribution < -0.4 is 0 Å². The van der Waals surface area contributed by atoms with Gasteiger partial charge in [-0.1, -0.05) is 37.3 Å². The Labute approximate surface area is 76.7 Å². The molecule has 0 fully saturated rings. The molecule has 0 bridgehead atoms. The van der Waals surface area contributed by atoms with Crippen LogP contribution >= 0.6 is 0 Å². The molecule has 0 nitrogen and oxygen atoms in total. The van der Waals surface area contributed by atoms with E-state index >= 15 is 0 Å². The number of rotatable bonds is 7. The summed E-state index contributed by atoms with van der Waals surface area (Å²) in [7, 11) is 0. The van der Waals surface area contributed by atoms with E-state index in [1.165, 1.54) is 12.8 Å². The molecule has 0 N–H and O–H groups in total. The first-order valence-electron chi connectivity index (χ1n) is 4.82. The van der Waals surface area contributed by atoms with Crippen molar-refractivity contribution in [2.75, 3.05) is 0 Å². The molecule has 0 atom stereocenters. The second kappa shape index (κ2) is 10.2. The van der Waals surface area contributed by atoms with Gasteiger partial charge in [0.25, 0.3) is 0 Å². The number of allylic oxidation sites excluding steroid dienone is 5. The first-order valence-corrected chi connectivity index (χ1v) is 4.82. The van der Waals surface area contributed by atoms with Crippen LogP contribution in [0.3, 0.4) is 0 Å². The minimum Gasteiger partial charge on any atom is -0.103 e. The molecule has 0 aromatic rings. The van der Waals surface area contributed by atoms with Gasteiger partial charge in [0, 0.05) is 0 Å². The van der Waals surface area contributed by atoms with Gasteiger partial charge in [-0.2, -0.15) is 0 Å². The Morgan fingerprint density at radius 2 is 1.75 bits per heavy atom. The fraction of sp³-hybridized carbons (Fsp3) is 0.500. The second-order valence-corrected chi connectivity index (χ2v) is 2.81. The molecule has 12 heavy (non-hydrogen) atoms. The predicted molar refractivity (Wildman–Crippen MR) is 57.2 cm³/mol. The third-order valence-electron chi connectivity index (χ3n) is 1.62. The van der Waals surface area contributed by atoms with Gasteiger partial charge in [0.15, 0.2) is 0 Å². The van der Waals surface area contributed by atoms with E-state index in [4.69, 9.17) is 0 Å². The maximum absolute atomic E-state index is 3.68. The van der Waals surface area contributed by atoms with Gasteiger partial charge in [0.1, 0.15) is 0 Å². The van der Waals surface area contributed by atoms with Gasteiger partial charge in [0.05, 0.1) is 0 Å². The fourth-order valence-electron chi connectivity index (χ4n) is 0.936. The van der Waals surface area contributed by atoms with Crippen LogP contribution in [0.2, 0.25) is 0 Å². The van der Waals surface area contributed by atoms with Gasteiger partial charge in [-0.3, -0.25) is 0 Å². The average Bonchev–Trinajstić information content (AvgIpc) is 2.10. The first-order chi connectivity index (χ1) is 5.91. The summed E-state index contributed by atoms with van der Waals surface area (Å²) in [6.07, 6.45) is 16.7. The zero-order chi connectivity index (χ0) is 9.07. The number of hydrogen-bond donors (Lipinski definition) is 0. The molecule has 0 aliphatic carbocycles. The van der Waals surface area contributed by atoms with Crippen molar-refractivity contribution in [1.29, 1.82) is 0 Å². The molecule has 0 aromatic carbocycles. The van der Waals surface area contributed by atoms with Gasteiger partial charge >= 0.3 is 0 Å². The molecule has 0 amide bonds. The highest BCUT2D eigenvalue weighted by Crippen LogP contribution is 1.98. The first kappa shape index (κ1) is 11.2. The lowest BCUT2D eigenvalue weighted by atomic mass is 10.2. The minimum absolute atomic E-state index is 1.09. The fourth-order valence-corrected chi connectivity index (χ4v) is 0.936. The maximum atomic E-state index is 3.68. The topological polar surface area (TPSA) is 0 Å². The molecule has 0 spiro atoms. The van der Waals surface area contributed by atoms with Crippen LogP contribution in [0.4, 0.5) is 0 Å². The molecule has 0 radical (unpaired) electrons. The van der Waals surface area contributed by atoms with Crippen LogP contribution in [0.1, 0.15) is 39.0 Å². The van der Waals surface area contributed by atoms with E-state index in [2.05, 4.69) is 37.8 Å². The molecule has 0 saturated carbocycles. The van der Waals surface area contributed by atoms with Crippen LogP contribution in [0.5, 0.6) is 0 Å². The quantitative estimate of drug-likeness (QED) is 0.389. The SMILES string of the molecule is C=CCCCC=CCC=CCC. The molecule has 0 heteroatoms. The van der Waals surface area contributed by atoms with Gasteiger partial charge in [0.2, 0.25) is 0 Å². The maximum Gasteiger partial charge on any atom is -0.0169 e. The summed E-state index contributed by atoms with van der Waals surface area (Å²) in [6, 6.07) is 0. The second-order valence-electron chi connectivity index (χ2n) is 2.81. The van der Waals surface area contributed by atoms with E-state index in [0.29, 0.717) is 0 Å². The molecule has 0 rings (SSSR count). The van der Waals surface area contributed by atoms with E-state index in [0.717, 1.165) is 19.3 Å². The zero-order valence-corrected chi connectivity index (χ0v) is 8.13. The van der Waals surface area contributed by atoms with Gasteiger partial charge in [-0.25, -0.2) is 0 Å². The van der Waals surface area contributed by atoms with Crippen LogP contribution in [-0.4, -0.2) is 0 Å². The van der Waals surface area contributed by atoms with Crippen molar-refractivity contribution >= 4 is 0 Å². The third kappa shape index (κ3) is 9.22. The third-order valence-corrected chi connectivity index (χ3v) is 1.62. The Hall–Kier alpha value is -0.780. The standard InChI is InChI=1S/C12H20/c1-3-5-7-9-11-12-10-8-6-4-2/h3,6,8,11-12H,1,4-5,7,9-10H2,2H3. The van der Waals surface area contributed by atoms with Crippen molar-refractivity contribution in [3.05, 3.63) is 37.0 Å². The number of unbranched alkanes of at least 4 members (excludes halogenated alkanes) is 2. The van der Waals surface area contributed by atoms with Crippen molar-refractivity contribution in [3.8, 4) is 0 Å². The molecule has 0 aromatic heterocycles. The van der Waals surface area contributed by atoms with E-state index in [1.54, 1.807) is 0 Å². The molecule has 0 aliphatic rings. The van der Waals surface area contributed by atoms with Crippen molar-refractivity contribution < 1.29 is 0 Å². The summed E-state index contributed by atoms with van der Waals surface area (Å²) < 4.78 is 0. The molecular weight excluding hydrogens is 144 g/mol. The van der Waals surface area contributed by atoms with Crippen molar-refractivity contribution in [3.63, 3.8) is 0 Å². The lowest BCUT2D eigenvalue weighted by Gasteiger charge is -1.88. The predicted octanol–water partition coefficient (Wildman–Crippen LogP) is 4.26. The van der Waals surface area contributed by atoms with E-state index in [-0.39, 0.29) is 0 Å². The Kier molecular flexibility index (Phi) is 9.56. The summed E-state index contributed by atoms with van der Waals surface area (Å²) >= 11 is 0. The van der Waals surface area contributed by atoms with Crippen LogP contribution in [0.15, 0.2) is 37.0 Å². The lowest BCUT2D eigenvalue weighted by molar-refractivity contribution is 0.867. The van der Waals surface area contributed by atoms with Gasteiger partial charge < -0.3 is 0 Å². The Morgan fingerprint density at radius 1 is 1.00 bits per heavy atom. The summed E-state index contributed by atoms with van der Waals surface area (Å²) in [6.45, 7) is 5.84. The summed E-state index contributed by atoms with van der Waals surface area (Å²) in [5, 5.41) is 0. The molecule has 0 aliphatic heterocycles. The summed E-state index contributed by atoms with van der Waals surface area (Å²) in [4.78, 5) is 0. The van der Waals surface area contributed by atoms with Gasteiger partial charge in [-0.15, -0.1) is 6.58 Å². The molecule has 0 unspecified atom stereocenters. The highest BCUT2D eigenvalue weighted by molar-refractivity contribution is 4.92. The van der Waals surface area contributed by atoms with E-state index in [1.807, 2.05) is 6.08 Å². The Balaban J connectivity index is 3.13. The van der Waals surface area contributed by atoms with Crippen molar-refractivity contribution in [1.82, 2.24) is 0 Å². The minimum atomic E-state index is 1.09. The summed E-state index contributed by atoms with van der Waals surface area (Å²) in [5.74, 6) is 0. The molecule has 0 heterocycles.